The monoisotopic (exact) mass is 713 g/mol. The van der Waals surface area contributed by atoms with Crippen molar-refractivity contribution in [3.8, 4) is 11.1 Å². The van der Waals surface area contributed by atoms with Gasteiger partial charge in [0.1, 0.15) is 5.58 Å². The van der Waals surface area contributed by atoms with Crippen molar-refractivity contribution in [3.63, 3.8) is 0 Å². The summed E-state index contributed by atoms with van der Waals surface area (Å²) >= 11 is 0. The van der Waals surface area contributed by atoms with Gasteiger partial charge >= 0.3 is 0 Å². The molecule has 55 heavy (non-hydrogen) atoms. The van der Waals surface area contributed by atoms with Gasteiger partial charge in [-0.1, -0.05) is 159 Å². The first-order valence-corrected chi connectivity index (χ1v) is 19.7. The molecule has 0 spiro atoms. The topological polar surface area (TPSA) is 16.4 Å². The average Bonchev–Trinajstić information content (AvgIpc) is 3.66. The molecular weight excluding hydrogens is 667 g/mol. The molecule has 9 aromatic rings. The fourth-order valence-corrected chi connectivity index (χ4v) is 9.34. The van der Waals surface area contributed by atoms with Gasteiger partial charge in [-0.15, -0.1) is 0 Å². The molecule has 1 aliphatic rings. The Hall–Kier alpha value is -5.86. The Morgan fingerprint density at radius 2 is 1.00 bits per heavy atom. The van der Waals surface area contributed by atoms with E-state index in [4.69, 9.17) is 4.42 Å². The molecule has 2 nitrogen and oxygen atoms in total. The van der Waals surface area contributed by atoms with E-state index in [0.717, 1.165) is 33.6 Å². The van der Waals surface area contributed by atoms with Crippen LogP contribution in [0.25, 0.3) is 65.4 Å². The Balaban J connectivity index is 1.29. The highest BCUT2D eigenvalue weighted by atomic mass is 16.3. The van der Waals surface area contributed by atoms with E-state index in [1.54, 1.807) is 0 Å². The van der Waals surface area contributed by atoms with Gasteiger partial charge in [0.2, 0.25) is 0 Å². The van der Waals surface area contributed by atoms with Gasteiger partial charge in [0.15, 0.2) is 5.58 Å². The maximum atomic E-state index is 7.19. The maximum Gasteiger partial charge on any atom is 0.159 e. The van der Waals surface area contributed by atoms with E-state index in [1.165, 1.54) is 71.1 Å². The Labute approximate surface area is 324 Å². The molecule has 10 rings (SSSR count). The minimum Gasteiger partial charge on any atom is -0.454 e. The standard InChI is InChI=1S/C53H47NO/c1-51(2,3)32-28-44-42-21-15-23-48(50(42)55-49(44)47(29-32)52(4,5)6)54(34-25-27-41-40-20-13-14-22-45(40)53(7,8)46(41)31-34)33-24-26-39-37-18-10-9-16-35(37)36-17-11-12-19-38(36)43(39)30-33/h9-31H,1-8H3. The number of para-hydroxylation sites is 1. The van der Waals surface area contributed by atoms with Crippen LogP contribution in [0.15, 0.2) is 144 Å². The fourth-order valence-electron chi connectivity index (χ4n) is 9.34. The average molecular weight is 714 g/mol. The molecule has 270 valence electrons. The van der Waals surface area contributed by atoms with Crippen LogP contribution in [0.2, 0.25) is 0 Å². The Morgan fingerprint density at radius 1 is 0.436 bits per heavy atom. The zero-order valence-electron chi connectivity index (χ0n) is 33.1. The number of hydrogen-bond acceptors (Lipinski definition) is 2. The summed E-state index contributed by atoms with van der Waals surface area (Å²) in [6, 6.07) is 52.1. The normalized spacial score (nSPS) is 14.0. The lowest BCUT2D eigenvalue weighted by Crippen LogP contribution is -2.16. The van der Waals surface area contributed by atoms with Crippen LogP contribution in [-0.2, 0) is 16.2 Å². The van der Waals surface area contributed by atoms with Gasteiger partial charge in [0, 0.05) is 33.1 Å². The Morgan fingerprint density at radius 3 is 1.67 bits per heavy atom. The molecule has 1 heterocycles. The molecule has 0 amide bonds. The van der Waals surface area contributed by atoms with Crippen LogP contribution in [0.1, 0.15) is 77.6 Å². The van der Waals surface area contributed by atoms with Crippen molar-refractivity contribution in [1.29, 1.82) is 0 Å². The van der Waals surface area contributed by atoms with Crippen molar-refractivity contribution in [1.82, 2.24) is 0 Å². The number of rotatable bonds is 3. The molecule has 1 aliphatic carbocycles. The van der Waals surface area contributed by atoms with Crippen molar-refractivity contribution in [2.45, 2.75) is 71.6 Å². The van der Waals surface area contributed by atoms with Crippen LogP contribution in [0, 0.1) is 0 Å². The second kappa shape index (κ2) is 11.6. The molecule has 1 aromatic heterocycles. The van der Waals surface area contributed by atoms with E-state index < -0.39 is 0 Å². The number of nitrogens with zero attached hydrogens (tertiary/aromatic N) is 1. The van der Waals surface area contributed by atoms with Crippen LogP contribution in [0.4, 0.5) is 17.1 Å². The molecule has 0 saturated heterocycles. The van der Waals surface area contributed by atoms with Crippen LogP contribution in [-0.4, -0.2) is 0 Å². The highest BCUT2D eigenvalue weighted by Gasteiger charge is 2.36. The van der Waals surface area contributed by atoms with Gasteiger partial charge in [0.05, 0.1) is 5.69 Å². The van der Waals surface area contributed by atoms with Crippen LogP contribution in [0.5, 0.6) is 0 Å². The highest BCUT2D eigenvalue weighted by Crippen LogP contribution is 2.52. The van der Waals surface area contributed by atoms with Crippen molar-refractivity contribution < 1.29 is 4.42 Å². The zero-order chi connectivity index (χ0) is 38.0. The second-order valence-electron chi connectivity index (χ2n) is 18.2. The SMILES string of the molecule is CC(C)(C)c1cc(C(C)(C)C)c2oc3c(N(c4ccc5c(c4)C(C)(C)c4ccccc4-5)c4ccc5c6ccccc6c6ccccc6c5c4)cccc3c2c1. The lowest BCUT2D eigenvalue weighted by atomic mass is 9.79. The third-order valence-electron chi connectivity index (χ3n) is 12.3. The summed E-state index contributed by atoms with van der Waals surface area (Å²) in [5.41, 5.74) is 12.8. The number of hydrogen-bond donors (Lipinski definition) is 0. The van der Waals surface area contributed by atoms with E-state index >= 15 is 0 Å². The molecule has 0 aliphatic heterocycles. The number of furan rings is 1. The Kier molecular flexibility index (Phi) is 7.09. The molecule has 0 atom stereocenters. The summed E-state index contributed by atoms with van der Waals surface area (Å²) in [4.78, 5) is 2.44. The number of benzene rings is 8. The smallest absolute Gasteiger partial charge is 0.159 e. The van der Waals surface area contributed by atoms with E-state index in [-0.39, 0.29) is 16.2 Å². The van der Waals surface area contributed by atoms with Crippen molar-refractivity contribution in [3.05, 3.63) is 162 Å². The van der Waals surface area contributed by atoms with Gasteiger partial charge in [0.25, 0.3) is 0 Å². The molecule has 0 fully saturated rings. The van der Waals surface area contributed by atoms with Gasteiger partial charge in [-0.3, -0.25) is 0 Å². The predicted molar refractivity (Wildman–Crippen MR) is 236 cm³/mol. The quantitative estimate of drug-likeness (QED) is 0.170. The van der Waals surface area contributed by atoms with E-state index in [0.29, 0.717) is 0 Å². The summed E-state index contributed by atoms with van der Waals surface area (Å²) in [5, 5.41) is 9.91. The van der Waals surface area contributed by atoms with Crippen molar-refractivity contribution in [2.75, 3.05) is 4.90 Å². The molecule has 0 bridgehead atoms. The third kappa shape index (κ3) is 5.00. The minimum absolute atomic E-state index is 0.00569. The van der Waals surface area contributed by atoms with Crippen LogP contribution in [0.3, 0.4) is 0 Å². The van der Waals surface area contributed by atoms with Crippen LogP contribution >= 0.6 is 0 Å². The predicted octanol–water partition coefficient (Wildman–Crippen LogP) is 15.4. The lowest BCUT2D eigenvalue weighted by Gasteiger charge is -2.28. The highest BCUT2D eigenvalue weighted by molar-refractivity contribution is 6.26. The first-order valence-electron chi connectivity index (χ1n) is 19.7. The van der Waals surface area contributed by atoms with Crippen molar-refractivity contribution >= 4 is 71.3 Å². The summed E-state index contributed by atoms with van der Waals surface area (Å²) in [7, 11) is 0. The van der Waals surface area contributed by atoms with E-state index in [9.17, 15) is 0 Å². The summed E-state index contributed by atoms with van der Waals surface area (Å²) in [6.45, 7) is 18.5. The van der Waals surface area contributed by atoms with Gasteiger partial charge in [-0.25, -0.2) is 0 Å². The minimum atomic E-state index is -0.136. The second-order valence-corrected chi connectivity index (χ2v) is 18.2. The lowest BCUT2D eigenvalue weighted by molar-refractivity contribution is 0.559. The Bertz CT molecular complexity index is 3000. The largest absolute Gasteiger partial charge is 0.454 e. The third-order valence-corrected chi connectivity index (χ3v) is 12.3. The molecule has 0 N–H and O–H groups in total. The van der Waals surface area contributed by atoms with E-state index in [1.807, 2.05) is 0 Å². The molecule has 2 heteroatoms. The number of fused-ring (bicyclic) bond motifs is 12. The van der Waals surface area contributed by atoms with Crippen molar-refractivity contribution in [2.24, 2.45) is 0 Å². The maximum absolute atomic E-state index is 7.19. The fraction of sp³-hybridized carbons (Fsp3) is 0.208. The molecule has 0 unspecified atom stereocenters. The van der Waals surface area contributed by atoms with Gasteiger partial charge < -0.3 is 9.32 Å². The molecule has 0 radical (unpaired) electrons. The zero-order valence-corrected chi connectivity index (χ0v) is 33.1. The van der Waals surface area contributed by atoms with Gasteiger partial charge in [-0.2, -0.15) is 0 Å². The van der Waals surface area contributed by atoms with E-state index in [2.05, 4.69) is 200 Å². The molecule has 8 aromatic carbocycles. The van der Waals surface area contributed by atoms with Gasteiger partial charge in [-0.05, 0) is 107 Å². The summed E-state index contributed by atoms with van der Waals surface area (Å²) < 4.78 is 7.19. The van der Waals surface area contributed by atoms with Crippen LogP contribution < -0.4 is 4.90 Å². The first-order chi connectivity index (χ1) is 26.3. The summed E-state index contributed by atoms with van der Waals surface area (Å²) in [6.07, 6.45) is 0. The first kappa shape index (κ1) is 33.7. The molecular formula is C53H47NO. The molecule has 0 saturated carbocycles. The number of anilines is 3. The summed E-state index contributed by atoms with van der Waals surface area (Å²) in [5.74, 6) is 0.